The predicted octanol–water partition coefficient (Wildman–Crippen LogP) is 0.216. The van der Waals surface area contributed by atoms with Gasteiger partial charge >= 0.3 is 0 Å². The van der Waals surface area contributed by atoms with Crippen LogP contribution in [0.4, 0.5) is 0 Å². The molecule has 5 N–H and O–H groups in total. The van der Waals surface area contributed by atoms with Crippen molar-refractivity contribution in [1.29, 1.82) is 5.41 Å². The minimum Gasteiger partial charge on any atom is -0.316 e. The average molecular weight is 139 g/mol. The Balaban J connectivity index is 2.53. The smallest absolute Gasteiger partial charge is 0.0585 e. The molecule has 0 aliphatic heterocycles. The molecule has 0 bridgehead atoms. The lowest BCUT2D eigenvalue weighted by Gasteiger charge is -2.19. The van der Waals surface area contributed by atoms with Crippen molar-refractivity contribution in [2.24, 2.45) is 17.4 Å². The lowest BCUT2D eigenvalue weighted by molar-refractivity contribution is 0.485. The van der Waals surface area contributed by atoms with E-state index in [9.17, 15) is 0 Å². The minimum atomic E-state index is -0.260. The highest BCUT2D eigenvalue weighted by atomic mass is 14.9. The van der Waals surface area contributed by atoms with Crippen molar-refractivity contribution < 1.29 is 0 Å². The zero-order valence-electron chi connectivity index (χ0n) is 5.88. The molecule has 1 aliphatic carbocycles. The van der Waals surface area contributed by atoms with Gasteiger partial charge in [0.05, 0.1) is 6.17 Å². The Morgan fingerprint density at radius 3 is 2.70 bits per heavy atom. The van der Waals surface area contributed by atoms with E-state index in [-0.39, 0.29) is 12.1 Å². The van der Waals surface area contributed by atoms with Gasteiger partial charge in [-0.25, -0.2) is 0 Å². The fourth-order valence-corrected chi connectivity index (χ4v) is 1.06. The Hall–Kier alpha value is -0.670. The van der Waals surface area contributed by atoms with Gasteiger partial charge in [-0.3, -0.25) is 0 Å². The van der Waals surface area contributed by atoms with Crippen LogP contribution in [-0.4, -0.2) is 11.9 Å². The third-order valence-electron chi connectivity index (χ3n) is 1.79. The van der Waals surface area contributed by atoms with E-state index in [1.165, 1.54) is 0 Å². The molecule has 1 atom stereocenters. The molecule has 0 aromatic heterocycles. The summed E-state index contributed by atoms with van der Waals surface area (Å²) in [6.07, 6.45) is 5.19. The Morgan fingerprint density at radius 2 is 2.30 bits per heavy atom. The van der Waals surface area contributed by atoms with Gasteiger partial charge in [-0.05, 0) is 18.9 Å². The summed E-state index contributed by atoms with van der Waals surface area (Å²) in [6, 6.07) is 0. The molecule has 0 saturated heterocycles. The zero-order valence-corrected chi connectivity index (χ0v) is 5.88. The van der Waals surface area contributed by atoms with Crippen LogP contribution in [0.1, 0.15) is 12.8 Å². The molecule has 0 radical (unpaired) electrons. The maximum absolute atomic E-state index is 7.25. The molecule has 3 nitrogen and oxygen atoms in total. The number of rotatable bonds is 1. The lowest BCUT2D eigenvalue weighted by atomic mass is 9.93. The molecule has 0 saturated carbocycles. The van der Waals surface area contributed by atoms with Crippen LogP contribution in [0.25, 0.3) is 0 Å². The van der Waals surface area contributed by atoms with E-state index in [0.717, 1.165) is 12.8 Å². The molecular formula is C7H13N3. The first-order valence-corrected chi connectivity index (χ1v) is 3.47. The van der Waals surface area contributed by atoms with Crippen LogP contribution >= 0.6 is 0 Å². The van der Waals surface area contributed by atoms with E-state index in [2.05, 4.69) is 0 Å². The van der Waals surface area contributed by atoms with Crippen LogP contribution in [0.3, 0.4) is 0 Å². The first kappa shape index (κ1) is 7.44. The second kappa shape index (κ2) is 2.94. The molecule has 0 heterocycles. The van der Waals surface area contributed by atoms with Gasteiger partial charge in [0.1, 0.15) is 0 Å². The van der Waals surface area contributed by atoms with Gasteiger partial charge in [-0.2, -0.15) is 0 Å². The molecule has 10 heavy (non-hydrogen) atoms. The first-order chi connectivity index (χ1) is 4.70. The Morgan fingerprint density at radius 1 is 1.60 bits per heavy atom. The lowest BCUT2D eigenvalue weighted by Crippen LogP contribution is -2.38. The van der Waals surface area contributed by atoms with Crippen molar-refractivity contribution in [3.05, 3.63) is 12.2 Å². The van der Waals surface area contributed by atoms with Gasteiger partial charge in [-0.1, -0.05) is 6.08 Å². The molecule has 0 aromatic carbocycles. The highest BCUT2D eigenvalue weighted by Crippen LogP contribution is 2.15. The Bertz CT molecular complexity index is 160. The van der Waals surface area contributed by atoms with Gasteiger partial charge < -0.3 is 16.9 Å². The summed E-state index contributed by atoms with van der Waals surface area (Å²) in [4.78, 5) is 0. The van der Waals surface area contributed by atoms with Crippen molar-refractivity contribution in [2.75, 3.05) is 0 Å². The normalized spacial score (nSPS) is 25.9. The summed E-state index contributed by atoms with van der Waals surface area (Å²) in [6.45, 7) is 0. The number of allylic oxidation sites excluding steroid dienone is 1. The van der Waals surface area contributed by atoms with Crippen LogP contribution < -0.4 is 11.5 Å². The number of hydrogen-bond acceptors (Lipinski definition) is 3. The molecule has 56 valence electrons. The topological polar surface area (TPSA) is 75.9 Å². The minimum absolute atomic E-state index is 0.260. The number of nitrogens with two attached hydrogens (primary N) is 2. The third kappa shape index (κ3) is 1.65. The second-order valence-corrected chi connectivity index (χ2v) is 2.66. The zero-order chi connectivity index (χ0) is 7.56. The van der Waals surface area contributed by atoms with Gasteiger partial charge in [0.2, 0.25) is 0 Å². The summed E-state index contributed by atoms with van der Waals surface area (Å²) < 4.78 is 0. The van der Waals surface area contributed by atoms with Gasteiger partial charge in [0.25, 0.3) is 0 Å². The van der Waals surface area contributed by atoms with Crippen LogP contribution in [-0.2, 0) is 0 Å². The first-order valence-electron chi connectivity index (χ1n) is 3.47. The summed E-state index contributed by atoms with van der Waals surface area (Å²) in [7, 11) is 0. The van der Waals surface area contributed by atoms with E-state index >= 15 is 0 Å². The molecule has 1 unspecified atom stereocenters. The molecular weight excluding hydrogens is 126 g/mol. The van der Waals surface area contributed by atoms with Crippen LogP contribution in [0, 0.1) is 11.3 Å². The molecule has 1 rings (SSSR count). The van der Waals surface area contributed by atoms with Crippen molar-refractivity contribution in [3.63, 3.8) is 0 Å². The maximum atomic E-state index is 7.25. The Labute approximate surface area is 60.6 Å². The maximum Gasteiger partial charge on any atom is 0.0585 e. The van der Waals surface area contributed by atoms with E-state index < -0.39 is 0 Å². The fraction of sp³-hybridized carbons (Fsp3) is 0.571. The summed E-state index contributed by atoms with van der Waals surface area (Å²) in [5, 5.41) is 7.25. The van der Waals surface area contributed by atoms with E-state index in [1.807, 2.05) is 6.08 Å². The van der Waals surface area contributed by atoms with E-state index in [1.54, 1.807) is 6.08 Å². The number of hydrogen-bond donors (Lipinski definition) is 3. The molecule has 3 heteroatoms. The Kier molecular flexibility index (Phi) is 2.19. The van der Waals surface area contributed by atoms with Gasteiger partial charge in [0, 0.05) is 11.6 Å². The largest absolute Gasteiger partial charge is 0.316 e. The highest BCUT2D eigenvalue weighted by molar-refractivity contribution is 5.92. The summed E-state index contributed by atoms with van der Waals surface area (Å²) in [5.74, 6) is 0.272. The molecule has 0 fully saturated rings. The van der Waals surface area contributed by atoms with Gasteiger partial charge in [-0.15, -0.1) is 0 Å². The standard InChI is InChI=1S/C7H13N3/c8-6-3-1-5(2-4-6)7(9)10/h1,3,5,7-8H,2,4,9-10H2. The van der Waals surface area contributed by atoms with Crippen LogP contribution in [0.15, 0.2) is 12.2 Å². The van der Waals surface area contributed by atoms with Gasteiger partial charge in [0.15, 0.2) is 0 Å². The number of nitrogens with one attached hydrogen (secondary N) is 1. The SMILES string of the molecule is N=C1C=CC(C(N)N)CC1. The molecule has 0 aromatic rings. The highest BCUT2D eigenvalue weighted by Gasteiger charge is 2.14. The molecule has 0 spiro atoms. The van der Waals surface area contributed by atoms with Crippen molar-refractivity contribution >= 4 is 5.71 Å². The van der Waals surface area contributed by atoms with Crippen molar-refractivity contribution in [2.45, 2.75) is 19.0 Å². The summed E-state index contributed by atoms with van der Waals surface area (Å²) >= 11 is 0. The van der Waals surface area contributed by atoms with Crippen LogP contribution in [0.2, 0.25) is 0 Å². The second-order valence-electron chi connectivity index (χ2n) is 2.66. The quantitative estimate of drug-likeness (QED) is 0.454. The molecule has 1 aliphatic rings. The van der Waals surface area contributed by atoms with Crippen molar-refractivity contribution in [1.82, 2.24) is 0 Å². The van der Waals surface area contributed by atoms with Crippen LogP contribution in [0.5, 0.6) is 0 Å². The van der Waals surface area contributed by atoms with Crippen molar-refractivity contribution in [3.8, 4) is 0 Å². The predicted molar refractivity (Wildman–Crippen MR) is 41.8 cm³/mol. The van der Waals surface area contributed by atoms with E-state index in [0.29, 0.717) is 5.71 Å². The third-order valence-corrected chi connectivity index (χ3v) is 1.79. The summed E-state index contributed by atoms with van der Waals surface area (Å²) in [5.41, 5.74) is 11.6. The molecule has 0 amide bonds. The monoisotopic (exact) mass is 139 g/mol. The average Bonchev–Trinajstić information content (AvgIpc) is 1.88. The fourth-order valence-electron chi connectivity index (χ4n) is 1.06. The van der Waals surface area contributed by atoms with E-state index in [4.69, 9.17) is 16.9 Å².